The molecule has 2 heteroatoms. The summed E-state index contributed by atoms with van der Waals surface area (Å²) in [5.74, 6) is 0.543. The van der Waals surface area contributed by atoms with E-state index in [1.807, 2.05) is 37.3 Å². The third-order valence-corrected chi connectivity index (χ3v) is 2.63. The van der Waals surface area contributed by atoms with E-state index >= 15 is 0 Å². The number of fused-ring (bicyclic) bond motifs is 1. The van der Waals surface area contributed by atoms with Crippen molar-refractivity contribution in [1.82, 2.24) is 0 Å². The molecule has 0 radical (unpaired) electrons. The van der Waals surface area contributed by atoms with Gasteiger partial charge in [-0.15, -0.1) is 0 Å². The van der Waals surface area contributed by atoms with E-state index in [1.54, 1.807) is 0 Å². The van der Waals surface area contributed by atoms with Crippen molar-refractivity contribution in [3.63, 3.8) is 0 Å². The van der Waals surface area contributed by atoms with Crippen LogP contribution in [-0.2, 0) is 0 Å². The number of hydrogen-bond donors (Lipinski definition) is 1. The van der Waals surface area contributed by atoms with Gasteiger partial charge in [0.05, 0.1) is 5.70 Å². The van der Waals surface area contributed by atoms with Gasteiger partial charge in [0.1, 0.15) is 5.84 Å². The molecule has 2 nitrogen and oxygen atoms in total. The zero-order valence-corrected chi connectivity index (χ0v) is 9.33. The largest absolute Gasteiger partial charge is 0.383 e. The third kappa shape index (κ3) is 1.48. The van der Waals surface area contributed by atoms with Crippen LogP contribution in [-0.4, -0.2) is 5.84 Å². The lowest BCUT2D eigenvalue weighted by Gasteiger charge is -2.06. The Kier molecular flexibility index (Phi) is 2.49. The van der Waals surface area contributed by atoms with Gasteiger partial charge >= 0.3 is 0 Å². The van der Waals surface area contributed by atoms with Gasteiger partial charge in [-0.05, 0) is 30.2 Å². The van der Waals surface area contributed by atoms with E-state index in [9.17, 15) is 0 Å². The highest BCUT2D eigenvalue weighted by atomic mass is 14.9. The van der Waals surface area contributed by atoms with Crippen LogP contribution in [0.4, 0.5) is 0 Å². The first-order valence-electron chi connectivity index (χ1n) is 5.14. The average Bonchev–Trinajstić information content (AvgIpc) is 2.54. The maximum absolute atomic E-state index is 5.83. The molecular weight excluding hydrogens is 196 g/mol. The highest BCUT2D eigenvalue weighted by Gasteiger charge is 2.18. The zero-order valence-electron chi connectivity index (χ0n) is 9.33. The smallest absolute Gasteiger partial charge is 0.132 e. The first-order chi connectivity index (χ1) is 7.67. The van der Waals surface area contributed by atoms with E-state index in [2.05, 4.69) is 18.2 Å². The van der Waals surface area contributed by atoms with Crippen molar-refractivity contribution in [1.29, 1.82) is 0 Å². The number of benzene rings is 1. The molecule has 1 aliphatic rings. The minimum absolute atomic E-state index is 0.543. The monoisotopic (exact) mass is 210 g/mol. The molecule has 1 aromatic carbocycles. The number of aliphatic imine (C=N–C) groups is 1. The topological polar surface area (TPSA) is 38.4 Å². The second kappa shape index (κ2) is 3.81. The SMILES string of the molecule is C=Cc1cc2c(cc1/C=C\C)C(N)=NC2=C. The molecule has 0 amide bonds. The van der Waals surface area contributed by atoms with Gasteiger partial charge in [-0.25, -0.2) is 4.99 Å². The number of nitrogens with zero attached hydrogens (tertiary/aromatic N) is 1. The zero-order chi connectivity index (χ0) is 11.7. The van der Waals surface area contributed by atoms with Crippen molar-refractivity contribution in [2.24, 2.45) is 10.7 Å². The summed E-state index contributed by atoms with van der Waals surface area (Å²) < 4.78 is 0. The van der Waals surface area contributed by atoms with E-state index < -0.39 is 0 Å². The Balaban J connectivity index is 2.68. The van der Waals surface area contributed by atoms with Gasteiger partial charge in [0.25, 0.3) is 0 Å². The number of rotatable bonds is 2. The minimum Gasteiger partial charge on any atom is -0.383 e. The third-order valence-electron chi connectivity index (χ3n) is 2.63. The number of amidine groups is 1. The predicted octanol–water partition coefficient (Wildman–Crippen LogP) is 3.05. The Labute approximate surface area is 95.5 Å². The molecular formula is C14H14N2. The lowest BCUT2D eigenvalue weighted by atomic mass is 9.97. The molecule has 0 saturated carbocycles. The summed E-state index contributed by atoms with van der Waals surface area (Å²) in [6.45, 7) is 9.67. The Morgan fingerprint density at radius 1 is 1.25 bits per heavy atom. The standard InChI is InChI=1S/C14H14N2/c1-4-6-11-8-13-12(7-10(11)5-2)9(3)16-14(13)15/h4-8H,2-3H2,1H3,(H2,15,16)/b6-4-. The fourth-order valence-corrected chi connectivity index (χ4v) is 1.85. The van der Waals surface area contributed by atoms with E-state index in [1.165, 1.54) is 0 Å². The molecule has 16 heavy (non-hydrogen) atoms. The van der Waals surface area contributed by atoms with Gasteiger partial charge in [-0.1, -0.05) is 31.4 Å². The van der Waals surface area contributed by atoms with Gasteiger partial charge in [-0.3, -0.25) is 0 Å². The fourth-order valence-electron chi connectivity index (χ4n) is 1.85. The molecule has 1 heterocycles. The molecule has 80 valence electrons. The van der Waals surface area contributed by atoms with Crippen LogP contribution in [0.2, 0.25) is 0 Å². The first kappa shape index (κ1) is 10.4. The maximum Gasteiger partial charge on any atom is 0.132 e. The summed E-state index contributed by atoms with van der Waals surface area (Å²) in [6, 6.07) is 4.06. The van der Waals surface area contributed by atoms with Crippen molar-refractivity contribution >= 4 is 23.7 Å². The Bertz CT molecular complexity index is 534. The van der Waals surface area contributed by atoms with E-state index in [4.69, 9.17) is 5.73 Å². The van der Waals surface area contributed by atoms with Crippen LogP contribution in [0, 0.1) is 0 Å². The van der Waals surface area contributed by atoms with E-state index in [-0.39, 0.29) is 0 Å². The van der Waals surface area contributed by atoms with Crippen LogP contribution in [0.25, 0.3) is 17.8 Å². The van der Waals surface area contributed by atoms with Crippen LogP contribution in [0.5, 0.6) is 0 Å². The van der Waals surface area contributed by atoms with Crippen molar-refractivity contribution in [2.75, 3.05) is 0 Å². The van der Waals surface area contributed by atoms with Crippen LogP contribution in [0.3, 0.4) is 0 Å². The molecule has 0 unspecified atom stereocenters. The van der Waals surface area contributed by atoms with Crippen molar-refractivity contribution in [3.8, 4) is 0 Å². The normalized spacial score (nSPS) is 14.1. The van der Waals surface area contributed by atoms with Gasteiger partial charge in [-0.2, -0.15) is 0 Å². The molecule has 1 aromatic rings. The number of nitrogens with two attached hydrogens (primary N) is 1. The molecule has 1 aliphatic heterocycles. The maximum atomic E-state index is 5.83. The summed E-state index contributed by atoms with van der Waals surface area (Å²) in [7, 11) is 0. The highest BCUT2D eigenvalue weighted by Crippen LogP contribution is 2.29. The van der Waals surface area contributed by atoms with E-state index in [0.29, 0.717) is 5.84 Å². The summed E-state index contributed by atoms with van der Waals surface area (Å²) in [5, 5.41) is 0. The molecule has 0 aliphatic carbocycles. The Hall–Kier alpha value is -2.09. The molecule has 0 fully saturated rings. The van der Waals surface area contributed by atoms with Gasteiger partial charge in [0.15, 0.2) is 0 Å². The minimum atomic E-state index is 0.543. The van der Waals surface area contributed by atoms with Crippen LogP contribution >= 0.6 is 0 Å². The molecule has 2 N–H and O–H groups in total. The lowest BCUT2D eigenvalue weighted by molar-refractivity contribution is 1.53. The first-order valence-corrected chi connectivity index (χ1v) is 5.14. The molecule has 0 aromatic heterocycles. The van der Waals surface area contributed by atoms with E-state index in [0.717, 1.165) is 28.0 Å². The molecule has 0 atom stereocenters. The predicted molar refractivity (Wildman–Crippen MR) is 71.0 cm³/mol. The molecule has 0 bridgehead atoms. The number of allylic oxidation sites excluding steroid dienone is 1. The van der Waals surface area contributed by atoms with Crippen molar-refractivity contribution < 1.29 is 0 Å². The van der Waals surface area contributed by atoms with Crippen LogP contribution in [0.1, 0.15) is 29.2 Å². The summed E-state index contributed by atoms with van der Waals surface area (Å²) in [6.07, 6.45) is 5.86. The highest BCUT2D eigenvalue weighted by molar-refractivity contribution is 6.09. The van der Waals surface area contributed by atoms with Gasteiger partial charge < -0.3 is 5.73 Å². The quantitative estimate of drug-likeness (QED) is 0.800. The second-order valence-corrected chi connectivity index (χ2v) is 3.67. The summed E-state index contributed by atoms with van der Waals surface area (Å²) in [4.78, 5) is 4.18. The van der Waals surface area contributed by atoms with Gasteiger partial charge in [0.2, 0.25) is 0 Å². The fraction of sp³-hybridized carbons (Fsp3) is 0.0714. The molecule has 0 spiro atoms. The summed E-state index contributed by atoms with van der Waals surface area (Å²) >= 11 is 0. The van der Waals surface area contributed by atoms with Crippen molar-refractivity contribution in [3.05, 3.63) is 53.6 Å². The molecule has 0 saturated heterocycles. The Morgan fingerprint density at radius 3 is 2.56 bits per heavy atom. The Morgan fingerprint density at radius 2 is 1.94 bits per heavy atom. The molecule has 2 rings (SSSR count). The average molecular weight is 210 g/mol. The summed E-state index contributed by atoms with van der Waals surface area (Å²) in [5.41, 5.74) is 10.7. The second-order valence-electron chi connectivity index (χ2n) is 3.67. The van der Waals surface area contributed by atoms with Crippen LogP contribution in [0.15, 0.2) is 36.4 Å². The van der Waals surface area contributed by atoms with Crippen molar-refractivity contribution in [2.45, 2.75) is 6.92 Å². The van der Waals surface area contributed by atoms with Gasteiger partial charge in [0, 0.05) is 11.1 Å². The number of hydrogen-bond acceptors (Lipinski definition) is 2. The lowest BCUT2D eigenvalue weighted by Crippen LogP contribution is -2.10. The van der Waals surface area contributed by atoms with Crippen LogP contribution < -0.4 is 5.73 Å².